The van der Waals surface area contributed by atoms with E-state index in [1.165, 1.54) is 0 Å². The molecule has 106 valence electrons. The molecule has 0 saturated heterocycles. The van der Waals surface area contributed by atoms with E-state index in [1.807, 2.05) is 13.8 Å². The zero-order chi connectivity index (χ0) is 14.9. The van der Waals surface area contributed by atoms with Crippen molar-refractivity contribution >= 4 is 11.6 Å². The Bertz CT molecular complexity index is 651. The van der Waals surface area contributed by atoms with Gasteiger partial charge in [0.25, 0.3) is 5.91 Å². The van der Waals surface area contributed by atoms with Crippen molar-refractivity contribution in [2.75, 3.05) is 5.32 Å². The van der Waals surface area contributed by atoms with Gasteiger partial charge in [-0.25, -0.2) is 13.8 Å². The number of hydrogen-bond donors (Lipinski definition) is 1. The van der Waals surface area contributed by atoms with Crippen LogP contribution in [0.2, 0.25) is 0 Å². The Labute approximate surface area is 114 Å². The molecule has 1 N–H and O–H groups in total. The SMILES string of the molecule is Cc1nc(C(C)C)c(C(=O)Nc2ccc(F)cc2F)o1. The molecule has 1 aromatic heterocycles. The zero-order valence-corrected chi connectivity index (χ0v) is 11.3. The molecule has 1 heterocycles. The molecule has 6 heteroatoms. The van der Waals surface area contributed by atoms with Crippen molar-refractivity contribution in [3.8, 4) is 0 Å². The molecular formula is C14H14F2N2O2. The molecule has 1 amide bonds. The Balaban J connectivity index is 2.28. The topological polar surface area (TPSA) is 55.1 Å². The van der Waals surface area contributed by atoms with Gasteiger partial charge in [0.15, 0.2) is 5.89 Å². The molecule has 0 radical (unpaired) electrons. The van der Waals surface area contributed by atoms with E-state index < -0.39 is 17.5 Å². The Morgan fingerprint density at radius 1 is 1.35 bits per heavy atom. The van der Waals surface area contributed by atoms with Crippen LogP contribution in [0.4, 0.5) is 14.5 Å². The van der Waals surface area contributed by atoms with Gasteiger partial charge in [0.05, 0.1) is 11.4 Å². The third-order valence-corrected chi connectivity index (χ3v) is 2.69. The number of aryl methyl sites for hydroxylation is 1. The van der Waals surface area contributed by atoms with Crippen LogP contribution >= 0.6 is 0 Å². The highest BCUT2D eigenvalue weighted by Gasteiger charge is 2.22. The summed E-state index contributed by atoms with van der Waals surface area (Å²) in [4.78, 5) is 16.2. The quantitative estimate of drug-likeness (QED) is 0.933. The van der Waals surface area contributed by atoms with Crippen molar-refractivity contribution in [1.82, 2.24) is 4.98 Å². The highest BCUT2D eigenvalue weighted by molar-refractivity contribution is 6.03. The average Bonchev–Trinajstić information content (AvgIpc) is 2.75. The molecule has 0 aliphatic heterocycles. The number of oxazole rings is 1. The molecule has 1 aromatic carbocycles. The Morgan fingerprint density at radius 3 is 2.65 bits per heavy atom. The monoisotopic (exact) mass is 280 g/mol. The maximum absolute atomic E-state index is 13.5. The highest BCUT2D eigenvalue weighted by Crippen LogP contribution is 2.22. The van der Waals surface area contributed by atoms with Crippen LogP contribution < -0.4 is 5.32 Å². The summed E-state index contributed by atoms with van der Waals surface area (Å²) in [6.07, 6.45) is 0. The van der Waals surface area contributed by atoms with E-state index in [4.69, 9.17) is 4.42 Å². The minimum Gasteiger partial charge on any atom is -0.436 e. The number of nitrogens with zero attached hydrogens (tertiary/aromatic N) is 1. The lowest BCUT2D eigenvalue weighted by molar-refractivity contribution is 0.0993. The van der Waals surface area contributed by atoms with Gasteiger partial charge in [0.2, 0.25) is 5.76 Å². The average molecular weight is 280 g/mol. The normalized spacial score (nSPS) is 10.9. The summed E-state index contributed by atoms with van der Waals surface area (Å²) in [7, 11) is 0. The van der Waals surface area contributed by atoms with E-state index in [0.717, 1.165) is 12.1 Å². The smallest absolute Gasteiger partial charge is 0.293 e. The number of carbonyl (C=O) groups excluding carboxylic acids is 1. The zero-order valence-electron chi connectivity index (χ0n) is 11.3. The maximum atomic E-state index is 13.5. The van der Waals surface area contributed by atoms with E-state index in [-0.39, 0.29) is 17.4 Å². The molecule has 20 heavy (non-hydrogen) atoms. The third-order valence-electron chi connectivity index (χ3n) is 2.69. The van der Waals surface area contributed by atoms with Crippen LogP contribution in [0.3, 0.4) is 0 Å². The van der Waals surface area contributed by atoms with Crippen molar-refractivity contribution < 1.29 is 18.0 Å². The minimum atomic E-state index is -0.847. The predicted octanol–water partition coefficient (Wildman–Crippen LogP) is 3.64. The molecular weight excluding hydrogens is 266 g/mol. The lowest BCUT2D eigenvalue weighted by atomic mass is 10.1. The van der Waals surface area contributed by atoms with Gasteiger partial charge in [-0.15, -0.1) is 0 Å². The second-order valence-corrected chi connectivity index (χ2v) is 4.68. The maximum Gasteiger partial charge on any atom is 0.293 e. The van der Waals surface area contributed by atoms with Crippen molar-refractivity contribution in [3.63, 3.8) is 0 Å². The van der Waals surface area contributed by atoms with Crippen LogP contribution in [0.1, 0.15) is 41.9 Å². The van der Waals surface area contributed by atoms with Gasteiger partial charge in [-0.05, 0) is 18.1 Å². The number of rotatable bonds is 3. The first kappa shape index (κ1) is 14.2. The van der Waals surface area contributed by atoms with Gasteiger partial charge in [-0.3, -0.25) is 4.79 Å². The van der Waals surface area contributed by atoms with Crippen LogP contribution in [-0.2, 0) is 0 Å². The molecule has 0 unspecified atom stereocenters. The van der Waals surface area contributed by atoms with Crippen LogP contribution in [0.25, 0.3) is 0 Å². The van der Waals surface area contributed by atoms with Crippen LogP contribution in [-0.4, -0.2) is 10.9 Å². The van der Waals surface area contributed by atoms with Crippen molar-refractivity contribution in [2.45, 2.75) is 26.7 Å². The van der Waals surface area contributed by atoms with Crippen LogP contribution in [0.5, 0.6) is 0 Å². The molecule has 0 spiro atoms. The van der Waals surface area contributed by atoms with Crippen LogP contribution in [0.15, 0.2) is 22.6 Å². The lowest BCUT2D eigenvalue weighted by Gasteiger charge is -2.06. The summed E-state index contributed by atoms with van der Waals surface area (Å²) in [5, 5.41) is 2.35. The number of carbonyl (C=O) groups is 1. The van der Waals surface area contributed by atoms with Gasteiger partial charge in [-0.1, -0.05) is 13.8 Å². The molecule has 0 aliphatic rings. The first-order valence-corrected chi connectivity index (χ1v) is 6.12. The van der Waals surface area contributed by atoms with Crippen molar-refractivity contribution in [1.29, 1.82) is 0 Å². The number of aromatic nitrogens is 1. The number of halogens is 2. The highest BCUT2D eigenvalue weighted by atomic mass is 19.1. The fraction of sp³-hybridized carbons (Fsp3) is 0.286. The Kier molecular flexibility index (Phi) is 3.83. The van der Waals surface area contributed by atoms with E-state index in [2.05, 4.69) is 10.3 Å². The Morgan fingerprint density at radius 2 is 2.05 bits per heavy atom. The van der Waals surface area contributed by atoms with Crippen LogP contribution in [0, 0.1) is 18.6 Å². The molecule has 0 aliphatic carbocycles. The predicted molar refractivity (Wildman–Crippen MR) is 69.6 cm³/mol. The number of benzene rings is 1. The Hall–Kier alpha value is -2.24. The fourth-order valence-electron chi connectivity index (χ4n) is 1.77. The molecule has 0 bridgehead atoms. The van der Waals surface area contributed by atoms with Gasteiger partial charge in [-0.2, -0.15) is 0 Å². The molecule has 0 saturated carbocycles. The lowest BCUT2D eigenvalue weighted by Crippen LogP contribution is -2.14. The summed E-state index contributed by atoms with van der Waals surface area (Å²) < 4.78 is 31.5. The minimum absolute atomic E-state index is 0.00809. The first-order chi connectivity index (χ1) is 9.38. The fourth-order valence-corrected chi connectivity index (χ4v) is 1.77. The molecule has 4 nitrogen and oxygen atoms in total. The van der Waals surface area contributed by atoms with Crippen molar-refractivity contribution in [2.24, 2.45) is 0 Å². The number of hydrogen-bond acceptors (Lipinski definition) is 3. The van der Waals surface area contributed by atoms with Gasteiger partial charge in [0.1, 0.15) is 11.6 Å². The van der Waals surface area contributed by atoms with E-state index in [0.29, 0.717) is 17.7 Å². The van der Waals surface area contributed by atoms with Crippen molar-refractivity contribution in [3.05, 3.63) is 47.2 Å². The van der Waals surface area contributed by atoms with Gasteiger partial charge < -0.3 is 9.73 Å². The van der Waals surface area contributed by atoms with Gasteiger partial charge >= 0.3 is 0 Å². The second kappa shape index (κ2) is 5.40. The second-order valence-electron chi connectivity index (χ2n) is 4.68. The standard InChI is InChI=1S/C14H14F2N2O2/c1-7(2)12-13(20-8(3)17-12)14(19)18-11-5-4-9(15)6-10(11)16/h4-7H,1-3H3,(H,18,19). The van der Waals surface area contributed by atoms with E-state index in [9.17, 15) is 13.6 Å². The van der Waals surface area contributed by atoms with E-state index in [1.54, 1.807) is 6.92 Å². The third kappa shape index (κ3) is 2.84. The summed E-state index contributed by atoms with van der Waals surface area (Å²) in [6.45, 7) is 5.36. The molecule has 2 rings (SSSR count). The molecule has 0 fully saturated rings. The number of amides is 1. The number of anilines is 1. The summed E-state index contributed by atoms with van der Waals surface area (Å²) in [5.41, 5.74) is 0.391. The number of nitrogens with one attached hydrogen (secondary N) is 1. The summed E-state index contributed by atoms with van der Waals surface area (Å²) in [5.74, 6) is -1.77. The molecule has 2 aromatic rings. The summed E-state index contributed by atoms with van der Waals surface area (Å²) >= 11 is 0. The van der Waals surface area contributed by atoms with Gasteiger partial charge in [0, 0.05) is 13.0 Å². The first-order valence-electron chi connectivity index (χ1n) is 6.12. The summed E-state index contributed by atoms with van der Waals surface area (Å²) in [6, 6.07) is 2.92. The largest absolute Gasteiger partial charge is 0.436 e. The van der Waals surface area contributed by atoms with E-state index >= 15 is 0 Å². The molecule has 0 atom stereocenters.